The van der Waals surface area contributed by atoms with Crippen molar-refractivity contribution in [3.8, 4) is 0 Å². The van der Waals surface area contributed by atoms with Crippen LogP contribution in [0.2, 0.25) is 0 Å². The van der Waals surface area contributed by atoms with Crippen molar-refractivity contribution in [2.75, 3.05) is 38.7 Å². The van der Waals surface area contributed by atoms with E-state index in [2.05, 4.69) is 10.2 Å². The summed E-state index contributed by atoms with van der Waals surface area (Å²) in [6.07, 6.45) is -0.180. The van der Waals surface area contributed by atoms with Gasteiger partial charge in [0.25, 0.3) is 5.69 Å². The van der Waals surface area contributed by atoms with Crippen LogP contribution >= 0.6 is 0 Å². The Morgan fingerprint density at radius 3 is 3.05 bits per heavy atom. The van der Waals surface area contributed by atoms with Gasteiger partial charge in [0.15, 0.2) is 0 Å². The first-order chi connectivity index (χ1) is 9.65. The lowest BCUT2D eigenvalue weighted by molar-refractivity contribution is -0.384. The molecule has 1 aliphatic rings. The number of para-hydroxylation sites is 1. The van der Waals surface area contributed by atoms with E-state index in [1.165, 1.54) is 6.07 Å². The van der Waals surface area contributed by atoms with Crippen LogP contribution in [0.1, 0.15) is 5.56 Å². The van der Waals surface area contributed by atoms with Crippen molar-refractivity contribution in [1.82, 2.24) is 4.90 Å². The lowest BCUT2D eigenvalue weighted by Gasteiger charge is -2.32. The average molecular weight is 281 g/mol. The SMILES string of the molecule is CNc1c(CN2CCOC(CO)C2)cccc1[N+](=O)[O-]. The van der Waals surface area contributed by atoms with Gasteiger partial charge in [0.05, 0.1) is 24.2 Å². The molecule has 0 bridgehead atoms. The van der Waals surface area contributed by atoms with E-state index in [0.29, 0.717) is 25.4 Å². The molecule has 1 aromatic rings. The molecule has 1 heterocycles. The fourth-order valence-electron chi connectivity index (χ4n) is 2.43. The Morgan fingerprint density at radius 1 is 1.60 bits per heavy atom. The molecule has 0 saturated carbocycles. The third-order valence-corrected chi connectivity index (χ3v) is 3.40. The molecular weight excluding hydrogens is 262 g/mol. The predicted molar refractivity (Wildman–Crippen MR) is 74.7 cm³/mol. The standard InChI is InChI=1S/C13H19N3O4/c1-14-13-10(3-2-4-12(13)16(18)19)7-15-5-6-20-11(8-15)9-17/h2-4,11,14,17H,5-9H2,1H3. The summed E-state index contributed by atoms with van der Waals surface area (Å²) in [4.78, 5) is 12.8. The second kappa shape index (κ2) is 6.65. The molecule has 7 heteroatoms. The number of morpholine rings is 1. The maximum absolute atomic E-state index is 11.0. The fraction of sp³-hybridized carbons (Fsp3) is 0.538. The largest absolute Gasteiger partial charge is 0.394 e. The second-order valence-corrected chi connectivity index (χ2v) is 4.73. The number of hydrogen-bond donors (Lipinski definition) is 2. The van der Waals surface area contributed by atoms with Gasteiger partial charge < -0.3 is 15.2 Å². The van der Waals surface area contributed by atoms with Gasteiger partial charge in [0.1, 0.15) is 5.69 Å². The highest BCUT2D eigenvalue weighted by atomic mass is 16.6. The van der Waals surface area contributed by atoms with Crippen molar-refractivity contribution in [3.63, 3.8) is 0 Å². The third kappa shape index (κ3) is 3.24. The molecule has 1 saturated heterocycles. The molecule has 2 N–H and O–H groups in total. The zero-order chi connectivity index (χ0) is 14.5. The van der Waals surface area contributed by atoms with Gasteiger partial charge in [-0.3, -0.25) is 15.0 Å². The molecule has 20 heavy (non-hydrogen) atoms. The molecule has 1 atom stereocenters. The molecule has 0 spiro atoms. The number of nitrogens with zero attached hydrogens (tertiary/aromatic N) is 2. The van der Waals surface area contributed by atoms with Gasteiger partial charge in [-0.25, -0.2) is 0 Å². The summed E-state index contributed by atoms with van der Waals surface area (Å²) in [5.41, 5.74) is 1.50. The van der Waals surface area contributed by atoms with Gasteiger partial charge >= 0.3 is 0 Å². The molecule has 7 nitrogen and oxygen atoms in total. The Balaban J connectivity index is 2.16. The molecule has 0 aliphatic carbocycles. The number of nitrogens with one attached hydrogen (secondary N) is 1. The number of aliphatic hydroxyl groups excluding tert-OH is 1. The number of rotatable bonds is 5. The first-order valence-corrected chi connectivity index (χ1v) is 6.54. The van der Waals surface area contributed by atoms with Gasteiger partial charge in [0.2, 0.25) is 0 Å². The minimum absolute atomic E-state index is 0.00960. The molecule has 0 amide bonds. The highest BCUT2D eigenvalue weighted by molar-refractivity contribution is 5.66. The predicted octanol–water partition coefficient (Wildman–Crippen LogP) is 0.830. The van der Waals surface area contributed by atoms with Crippen LogP contribution in [0.3, 0.4) is 0 Å². The summed E-state index contributed by atoms with van der Waals surface area (Å²) < 4.78 is 5.40. The number of benzene rings is 1. The molecular formula is C13H19N3O4. The molecule has 2 rings (SSSR count). The lowest BCUT2D eigenvalue weighted by atomic mass is 10.1. The first-order valence-electron chi connectivity index (χ1n) is 6.54. The van der Waals surface area contributed by atoms with E-state index in [-0.39, 0.29) is 23.3 Å². The van der Waals surface area contributed by atoms with Crippen LogP contribution < -0.4 is 5.32 Å². The zero-order valence-electron chi connectivity index (χ0n) is 11.4. The van der Waals surface area contributed by atoms with Crippen molar-refractivity contribution < 1.29 is 14.8 Å². The lowest BCUT2D eigenvalue weighted by Crippen LogP contribution is -2.43. The first kappa shape index (κ1) is 14.7. The monoisotopic (exact) mass is 281 g/mol. The molecule has 0 aromatic heterocycles. The summed E-state index contributed by atoms with van der Waals surface area (Å²) in [6.45, 7) is 2.53. The van der Waals surface area contributed by atoms with Gasteiger partial charge in [-0.2, -0.15) is 0 Å². The zero-order valence-corrected chi connectivity index (χ0v) is 11.4. The van der Waals surface area contributed by atoms with Crippen molar-refractivity contribution in [3.05, 3.63) is 33.9 Å². The molecule has 1 aromatic carbocycles. The number of anilines is 1. The van der Waals surface area contributed by atoms with E-state index in [9.17, 15) is 10.1 Å². The molecule has 1 aliphatic heterocycles. The van der Waals surface area contributed by atoms with Gasteiger partial charge in [-0.1, -0.05) is 12.1 Å². The van der Waals surface area contributed by atoms with Gasteiger partial charge in [0, 0.05) is 32.7 Å². The quantitative estimate of drug-likeness (QED) is 0.614. The molecule has 110 valence electrons. The van der Waals surface area contributed by atoms with E-state index in [0.717, 1.165) is 12.1 Å². The van der Waals surface area contributed by atoms with Crippen LogP contribution in [0.25, 0.3) is 0 Å². The summed E-state index contributed by atoms with van der Waals surface area (Å²) in [7, 11) is 1.68. The van der Waals surface area contributed by atoms with E-state index in [1.54, 1.807) is 13.1 Å². The number of nitro benzene ring substituents is 1. The van der Waals surface area contributed by atoms with Crippen molar-refractivity contribution in [1.29, 1.82) is 0 Å². The van der Waals surface area contributed by atoms with Crippen LogP contribution in [0.5, 0.6) is 0 Å². The number of nitro groups is 1. The maximum Gasteiger partial charge on any atom is 0.292 e. The minimum atomic E-state index is -0.384. The van der Waals surface area contributed by atoms with E-state index in [1.807, 2.05) is 6.07 Å². The van der Waals surface area contributed by atoms with Crippen molar-refractivity contribution >= 4 is 11.4 Å². The fourth-order valence-corrected chi connectivity index (χ4v) is 2.43. The number of hydrogen-bond acceptors (Lipinski definition) is 6. The third-order valence-electron chi connectivity index (χ3n) is 3.40. The van der Waals surface area contributed by atoms with Gasteiger partial charge in [-0.05, 0) is 5.56 Å². The topological polar surface area (TPSA) is 87.9 Å². The highest BCUT2D eigenvalue weighted by Crippen LogP contribution is 2.29. The van der Waals surface area contributed by atoms with Crippen LogP contribution in [-0.2, 0) is 11.3 Å². The smallest absolute Gasteiger partial charge is 0.292 e. The van der Waals surface area contributed by atoms with Crippen molar-refractivity contribution in [2.24, 2.45) is 0 Å². The summed E-state index contributed by atoms with van der Waals surface area (Å²) >= 11 is 0. The Hall–Kier alpha value is -1.70. The molecule has 1 fully saturated rings. The molecule has 1 unspecified atom stereocenters. The average Bonchev–Trinajstić information content (AvgIpc) is 2.47. The van der Waals surface area contributed by atoms with Crippen LogP contribution in [-0.4, -0.2) is 54.4 Å². The normalized spacial score (nSPS) is 19.8. The Morgan fingerprint density at radius 2 is 2.40 bits per heavy atom. The van der Waals surface area contributed by atoms with Crippen molar-refractivity contribution in [2.45, 2.75) is 12.6 Å². The highest BCUT2D eigenvalue weighted by Gasteiger charge is 2.22. The van der Waals surface area contributed by atoms with E-state index < -0.39 is 0 Å². The van der Waals surface area contributed by atoms with E-state index >= 15 is 0 Å². The Kier molecular flexibility index (Phi) is 4.89. The summed E-state index contributed by atoms with van der Waals surface area (Å²) in [5, 5.41) is 23.1. The van der Waals surface area contributed by atoms with E-state index in [4.69, 9.17) is 9.84 Å². The maximum atomic E-state index is 11.0. The van der Waals surface area contributed by atoms with Crippen LogP contribution in [0.4, 0.5) is 11.4 Å². The Bertz CT molecular complexity index is 481. The molecule has 0 radical (unpaired) electrons. The minimum Gasteiger partial charge on any atom is -0.394 e. The number of aliphatic hydroxyl groups is 1. The van der Waals surface area contributed by atoms with Gasteiger partial charge in [-0.15, -0.1) is 0 Å². The Labute approximate surface area is 117 Å². The van der Waals surface area contributed by atoms with Crippen LogP contribution in [0, 0.1) is 10.1 Å². The summed E-state index contributed by atoms with van der Waals surface area (Å²) in [5.74, 6) is 0. The second-order valence-electron chi connectivity index (χ2n) is 4.73. The summed E-state index contributed by atoms with van der Waals surface area (Å²) in [6, 6.07) is 5.06. The number of ether oxygens (including phenoxy) is 1. The van der Waals surface area contributed by atoms with Crippen LogP contribution in [0.15, 0.2) is 18.2 Å².